The van der Waals surface area contributed by atoms with E-state index in [1.807, 2.05) is 20.8 Å². The molecule has 2 amide bonds. The van der Waals surface area contributed by atoms with Crippen LogP contribution in [-0.2, 0) is 17.8 Å². The van der Waals surface area contributed by atoms with Crippen molar-refractivity contribution in [3.05, 3.63) is 27.7 Å². The van der Waals surface area contributed by atoms with Gasteiger partial charge in [0.1, 0.15) is 5.65 Å². The Morgan fingerprint density at radius 3 is 2.58 bits per heavy atom. The fourth-order valence-electron chi connectivity index (χ4n) is 2.78. The molecule has 0 spiro atoms. The SMILES string of the molecule is CC(C)(C)Cn1c(=O)c(C(=O)NC2CC2)c(O)n2nc(CC(N)=O)cc12. The first-order valence-corrected chi connectivity index (χ1v) is 8.50. The smallest absolute Gasteiger partial charge is 0.270 e. The van der Waals surface area contributed by atoms with Crippen LogP contribution in [0.3, 0.4) is 0 Å². The number of nitrogens with zero attached hydrogens (tertiary/aromatic N) is 3. The van der Waals surface area contributed by atoms with Gasteiger partial charge in [-0.2, -0.15) is 9.61 Å². The van der Waals surface area contributed by atoms with E-state index < -0.39 is 23.3 Å². The van der Waals surface area contributed by atoms with Crippen molar-refractivity contribution in [2.45, 2.75) is 52.6 Å². The van der Waals surface area contributed by atoms with E-state index in [0.29, 0.717) is 17.9 Å². The van der Waals surface area contributed by atoms with Crippen LogP contribution in [0.25, 0.3) is 5.65 Å². The van der Waals surface area contributed by atoms with Gasteiger partial charge >= 0.3 is 0 Å². The van der Waals surface area contributed by atoms with Crippen LogP contribution in [-0.4, -0.2) is 37.1 Å². The lowest BCUT2D eigenvalue weighted by atomic mass is 9.97. The summed E-state index contributed by atoms with van der Waals surface area (Å²) in [6.45, 7) is 6.16. The summed E-state index contributed by atoms with van der Waals surface area (Å²) in [7, 11) is 0. The number of hydrogen-bond donors (Lipinski definition) is 3. The van der Waals surface area contributed by atoms with Crippen LogP contribution in [0.1, 0.15) is 49.7 Å². The van der Waals surface area contributed by atoms with Gasteiger partial charge in [0, 0.05) is 18.7 Å². The van der Waals surface area contributed by atoms with Gasteiger partial charge in [-0.25, -0.2) is 0 Å². The van der Waals surface area contributed by atoms with Gasteiger partial charge in [-0.1, -0.05) is 20.8 Å². The fraction of sp³-hybridized carbons (Fsp3) is 0.529. The minimum atomic E-state index is -0.619. The van der Waals surface area contributed by atoms with Crippen LogP contribution in [0.15, 0.2) is 10.9 Å². The van der Waals surface area contributed by atoms with Crippen molar-refractivity contribution in [3.63, 3.8) is 0 Å². The average molecular weight is 361 g/mol. The Bertz CT molecular complexity index is 947. The second-order valence-electron chi connectivity index (χ2n) is 7.95. The molecule has 1 fully saturated rings. The highest BCUT2D eigenvalue weighted by Crippen LogP contribution is 2.24. The number of primary amides is 1. The normalized spacial score (nSPS) is 14.6. The zero-order valence-corrected chi connectivity index (χ0v) is 15.1. The van der Waals surface area contributed by atoms with Crippen molar-refractivity contribution in [2.75, 3.05) is 0 Å². The van der Waals surface area contributed by atoms with Crippen LogP contribution >= 0.6 is 0 Å². The molecule has 0 bridgehead atoms. The van der Waals surface area contributed by atoms with Crippen molar-refractivity contribution in [2.24, 2.45) is 11.1 Å². The quantitative estimate of drug-likeness (QED) is 0.698. The molecule has 0 radical (unpaired) electrons. The van der Waals surface area contributed by atoms with Crippen LogP contribution in [0.2, 0.25) is 0 Å². The molecule has 9 heteroatoms. The molecule has 0 saturated heterocycles. The minimum absolute atomic E-state index is 0.0381. The minimum Gasteiger partial charge on any atom is -0.492 e. The molecule has 4 N–H and O–H groups in total. The summed E-state index contributed by atoms with van der Waals surface area (Å²) >= 11 is 0. The second-order valence-corrected chi connectivity index (χ2v) is 7.95. The van der Waals surface area contributed by atoms with Gasteiger partial charge in [0.25, 0.3) is 11.5 Å². The standard InChI is InChI=1S/C17H23N5O4/c1-17(2,3)8-21-12-7-10(6-11(18)23)20-22(12)16(26)13(15(21)25)14(24)19-9-4-5-9/h7,9,26H,4-6,8H2,1-3H3,(H2,18,23)(H,19,24). The van der Waals surface area contributed by atoms with E-state index in [9.17, 15) is 19.5 Å². The van der Waals surface area contributed by atoms with Crippen LogP contribution in [0.4, 0.5) is 0 Å². The summed E-state index contributed by atoms with van der Waals surface area (Å²) in [5, 5.41) is 17.4. The lowest BCUT2D eigenvalue weighted by Crippen LogP contribution is -2.37. The highest BCUT2D eigenvalue weighted by Gasteiger charge is 2.30. The summed E-state index contributed by atoms with van der Waals surface area (Å²) < 4.78 is 2.52. The molecule has 1 aliphatic carbocycles. The fourth-order valence-corrected chi connectivity index (χ4v) is 2.78. The van der Waals surface area contributed by atoms with Gasteiger partial charge in [-0.05, 0) is 18.3 Å². The van der Waals surface area contributed by atoms with Gasteiger partial charge in [0.2, 0.25) is 11.8 Å². The van der Waals surface area contributed by atoms with Gasteiger partial charge in [-0.3, -0.25) is 19.0 Å². The molecule has 2 aromatic rings. The molecule has 9 nitrogen and oxygen atoms in total. The zero-order valence-electron chi connectivity index (χ0n) is 15.1. The first-order valence-electron chi connectivity index (χ1n) is 8.50. The van der Waals surface area contributed by atoms with Crippen LogP contribution in [0.5, 0.6) is 5.88 Å². The summed E-state index contributed by atoms with van der Waals surface area (Å²) in [6.07, 6.45) is 1.58. The monoisotopic (exact) mass is 361 g/mol. The largest absolute Gasteiger partial charge is 0.492 e. The van der Waals surface area contributed by atoms with E-state index in [0.717, 1.165) is 17.4 Å². The summed E-state index contributed by atoms with van der Waals surface area (Å²) in [6, 6.07) is 1.57. The van der Waals surface area contributed by atoms with E-state index in [1.54, 1.807) is 0 Å². The maximum Gasteiger partial charge on any atom is 0.270 e. The van der Waals surface area contributed by atoms with Gasteiger partial charge < -0.3 is 16.2 Å². The number of carbonyl (C=O) groups excluding carboxylic acids is 2. The lowest BCUT2D eigenvalue weighted by Gasteiger charge is -2.21. The predicted molar refractivity (Wildman–Crippen MR) is 94.0 cm³/mol. The number of amides is 2. The first kappa shape index (κ1) is 18.0. The Morgan fingerprint density at radius 2 is 2.04 bits per heavy atom. The van der Waals surface area contributed by atoms with Gasteiger partial charge in [0.15, 0.2) is 5.56 Å². The Hall–Kier alpha value is -2.84. The molecule has 140 valence electrons. The Kier molecular flexibility index (Phi) is 4.25. The zero-order chi connectivity index (χ0) is 19.2. The number of hydrogen-bond acceptors (Lipinski definition) is 5. The first-order chi connectivity index (χ1) is 12.1. The van der Waals surface area contributed by atoms with E-state index in [-0.39, 0.29) is 23.4 Å². The summed E-state index contributed by atoms with van der Waals surface area (Å²) in [4.78, 5) is 36.6. The maximum atomic E-state index is 13.0. The molecule has 0 aliphatic heterocycles. The topological polar surface area (TPSA) is 132 Å². The molecule has 0 aromatic carbocycles. The Morgan fingerprint density at radius 1 is 1.38 bits per heavy atom. The molecular weight excluding hydrogens is 338 g/mol. The number of nitrogens with one attached hydrogen (secondary N) is 1. The molecule has 0 unspecified atom stereocenters. The molecule has 26 heavy (non-hydrogen) atoms. The lowest BCUT2D eigenvalue weighted by molar-refractivity contribution is -0.117. The van der Waals surface area contributed by atoms with Crippen molar-refractivity contribution in [1.29, 1.82) is 0 Å². The number of aromatic nitrogens is 3. The van der Waals surface area contributed by atoms with Gasteiger partial charge in [0.05, 0.1) is 12.1 Å². The highest BCUT2D eigenvalue weighted by atomic mass is 16.3. The second kappa shape index (κ2) is 6.15. The third kappa shape index (κ3) is 3.56. The number of aromatic hydroxyl groups is 1. The number of rotatable bonds is 5. The molecule has 2 heterocycles. The number of fused-ring (bicyclic) bond motifs is 1. The third-order valence-electron chi connectivity index (χ3n) is 4.03. The molecule has 1 saturated carbocycles. The molecule has 0 atom stereocenters. The van der Waals surface area contributed by atoms with E-state index in [2.05, 4.69) is 10.4 Å². The molecule has 2 aromatic heterocycles. The average Bonchev–Trinajstić information content (AvgIpc) is 3.19. The van der Waals surface area contributed by atoms with Crippen molar-refractivity contribution < 1.29 is 14.7 Å². The Labute approximate surface area is 149 Å². The molecule has 3 rings (SSSR count). The van der Waals surface area contributed by atoms with E-state index in [4.69, 9.17) is 5.73 Å². The number of carbonyl (C=O) groups is 2. The van der Waals surface area contributed by atoms with Crippen molar-refractivity contribution in [3.8, 4) is 5.88 Å². The molecule has 1 aliphatic rings. The van der Waals surface area contributed by atoms with Crippen molar-refractivity contribution >= 4 is 17.5 Å². The highest BCUT2D eigenvalue weighted by molar-refractivity contribution is 5.96. The summed E-state index contributed by atoms with van der Waals surface area (Å²) in [5.74, 6) is -1.74. The summed E-state index contributed by atoms with van der Waals surface area (Å²) in [5.41, 5.74) is 4.63. The van der Waals surface area contributed by atoms with Crippen LogP contribution < -0.4 is 16.6 Å². The van der Waals surface area contributed by atoms with E-state index in [1.165, 1.54) is 10.6 Å². The van der Waals surface area contributed by atoms with Crippen LogP contribution in [0, 0.1) is 5.41 Å². The number of nitrogens with two attached hydrogens (primary N) is 1. The molecular formula is C17H23N5O4. The van der Waals surface area contributed by atoms with Gasteiger partial charge in [-0.15, -0.1) is 0 Å². The maximum absolute atomic E-state index is 13.0. The third-order valence-corrected chi connectivity index (χ3v) is 4.03. The van der Waals surface area contributed by atoms with Crippen molar-refractivity contribution in [1.82, 2.24) is 19.5 Å². The Balaban J connectivity index is 2.21. The predicted octanol–water partition coefficient (Wildman–Crippen LogP) is 0.168. The van der Waals surface area contributed by atoms with E-state index >= 15 is 0 Å².